The third-order valence-electron chi connectivity index (χ3n) is 17.3. The van der Waals surface area contributed by atoms with Gasteiger partial charge in [-0.15, -0.1) is 7.92 Å². The second-order valence-corrected chi connectivity index (χ2v) is 26.5. The smallest absolute Gasteiger partial charge is 0.131 e. The van der Waals surface area contributed by atoms with Crippen LogP contribution in [0.4, 0.5) is 13.2 Å². The Morgan fingerprint density at radius 2 is 0.424 bits per heavy atom. The Balaban J connectivity index is 0.765. The van der Waals surface area contributed by atoms with Crippen molar-refractivity contribution in [3.63, 3.8) is 0 Å². The molecule has 0 N–H and O–H groups in total. The monoisotopic (exact) mass is 1150 g/mol. The maximum Gasteiger partial charge on any atom is 0.131 e. The van der Waals surface area contributed by atoms with Crippen molar-refractivity contribution in [2.45, 2.75) is 156 Å². The average Bonchev–Trinajstić information content (AvgIpc) is 3.73. The van der Waals surface area contributed by atoms with Gasteiger partial charge in [0, 0.05) is 16.7 Å². The molecular formula is C81H90F3P. The van der Waals surface area contributed by atoms with E-state index in [0.29, 0.717) is 16.7 Å². The SMILES string of the molecule is CCCCCc1ccc(-c2ccc(-c3ccc(CCCCP(CCCCc4ccc(-c5ccc(-c6ccc(CCCCC)cc6)cc5F)cc4)CCCCc4ccc(-c5ccc(-c6ccc(CCCCC)cc6)cc5F)cc4)cc3)c(F)c2)cc1. The van der Waals surface area contributed by atoms with Gasteiger partial charge in [-0.05, 0) is 216 Å². The molecule has 0 heterocycles. The number of hydrogen-bond donors (Lipinski definition) is 0. The van der Waals surface area contributed by atoms with Crippen LogP contribution in [-0.2, 0) is 38.5 Å². The Morgan fingerprint density at radius 1 is 0.224 bits per heavy atom. The Bertz CT molecular complexity index is 3050. The van der Waals surface area contributed by atoms with Crippen molar-refractivity contribution >= 4 is 7.92 Å². The molecule has 0 fully saturated rings. The lowest BCUT2D eigenvalue weighted by molar-refractivity contribution is 0.631. The summed E-state index contributed by atoms with van der Waals surface area (Å²) >= 11 is 0. The van der Waals surface area contributed by atoms with E-state index in [4.69, 9.17) is 0 Å². The van der Waals surface area contributed by atoms with Crippen LogP contribution in [0.2, 0.25) is 0 Å². The molecule has 9 aromatic carbocycles. The van der Waals surface area contributed by atoms with E-state index in [1.807, 2.05) is 36.4 Å². The van der Waals surface area contributed by atoms with Crippen LogP contribution in [0.25, 0.3) is 66.8 Å². The molecule has 0 aliphatic carbocycles. The molecule has 0 aromatic heterocycles. The standard InChI is InChI=1S/C81H90F3P/c1-4-7-10-19-61-25-37-67(38-26-61)73-49-52-76(79(82)58-73)70-43-31-64(32-44-70)22-13-16-55-85(56-17-14-23-65-33-45-71(46-34-65)77-53-50-74(59-80(77)83)68-39-27-62(28-40-68)20-11-8-5-2)57-18-15-24-66-35-47-72(48-36-66)78-54-51-75(60-81(78)84)69-41-29-63(30-42-69)21-12-9-6-3/h25-54,58-60H,4-24,55-57H2,1-3H3. The zero-order chi connectivity index (χ0) is 59.0. The minimum absolute atomic E-state index is 0.120. The van der Waals surface area contributed by atoms with Crippen molar-refractivity contribution in [3.05, 3.63) is 251 Å². The van der Waals surface area contributed by atoms with Crippen molar-refractivity contribution < 1.29 is 13.2 Å². The topological polar surface area (TPSA) is 0 Å². The fourth-order valence-electron chi connectivity index (χ4n) is 12.0. The van der Waals surface area contributed by atoms with Gasteiger partial charge in [0.15, 0.2) is 0 Å². The number of aryl methyl sites for hydroxylation is 6. The highest BCUT2D eigenvalue weighted by Crippen LogP contribution is 2.40. The van der Waals surface area contributed by atoms with Crippen molar-refractivity contribution in [1.29, 1.82) is 0 Å². The Labute approximate surface area is 510 Å². The van der Waals surface area contributed by atoms with Gasteiger partial charge in [-0.1, -0.05) is 241 Å². The van der Waals surface area contributed by atoms with Crippen LogP contribution < -0.4 is 0 Å². The second-order valence-electron chi connectivity index (χ2n) is 23.8. The number of rotatable bonds is 33. The maximum absolute atomic E-state index is 15.6. The maximum atomic E-state index is 15.6. The summed E-state index contributed by atoms with van der Waals surface area (Å²) in [6.07, 6.45) is 28.2. The average molecular weight is 1150 g/mol. The predicted octanol–water partition coefficient (Wildman–Crippen LogP) is 24.2. The lowest BCUT2D eigenvalue weighted by Gasteiger charge is -2.18. The van der Waals surface area contributed by atoms with Crippen LogP contribution in [0, 0.1) is 17.5 Å². The van der Waals surface area contributed by atoms with Gasteiger partial charge in [-0.2, -0.15) is 0 Å². The highest BCUT2D eigenvalue weighted by molar-refractivity contribution is 7.57. The molecule has 0 radical (unpaired) electrons. The zero-order valence-electron chi connectivity index (χ0n) is 51.1. The summed E-state index contributed by atoms with van der Waals surface area (Å²) in [7, 11) is -0.120. The quantitative estimate of drug-likeness (QED) is 0.0284. The molecule has 0 saturated heterocycles. The molecule has 0 aliphatic rings. The molecule has 9 aromatic rings. The van der Waals surface area contributed by atoms with E-state index in [1.54, 1.807) is 18.2 Å². The van der Waals surface area contributed by atoms with E-state index in [1.165, 1.54) is 129 Å². The van der Waals surface area contributed by atoms with Crippen LogP contribution in [0.5, 0.6) is 0 Å². The van der Waals surface area contributed by atoms with Gasteiger partial charge in [0.05, 0.1) is 0 Å². The predicted molar refractivity (Wildman–Crippen MR) is 362 cm³/mol. The molecule has 9 rings (SSSR count). The second kappa shape index (κ2) is 33.2. The van der Waals surface area contributed by atoms with E-state index in [-0.39, 0.29) is 25.4 Å². The summed E-state index contributed by atoms with van der Waals surface area (Å²) in [5, 5.41) is 0. The molecule has 0 saturated carbocycles. The third kappa shape index (κ3) is 18.8. The van der Waals surface area contributed by atoms with Gasteiger partial charge < -0.3 is 0 Å². The van der Waals surface area contributed by atoms with Crippen molar-refractivity contribution in [1.82, 2.24) is 0 Å². The van der Waals surface area contributed by atoms with Gasteiger partial charge >= 0.3 is 0 Å². The van der Waals surface area contributed by atoms with E-state index in [0.717, 1.165) is 108 Å². The highest BCUT2D eigenvalue weighted by atomic mass is 31.1. The van der Waals surface area contributed by atoms with Crippen LogP contribution in [0.3, 0.4) is 0 Å². The molecule has 0 bridgehead atoms. The van der Waals surface area contributed by atoms with Gasteiger partial charge in [0.2, 0.25) is 0 Å². The van der Waals surface area contributed by atoms with Gasteiger partial charge in [0.1, 0.15) is 17.5 Å². The first-order valence-corrected chi connectivity index (χ1v) is 34.3. The highest BCUT2D eigenvalue weighted by Gasteiger charge is 2.14. The Kier molecular flexibility index (Phi) is 24.5. The Hall–Kier alpha value is -6.80. The minimum Gasteiger partial charge on any atom is -0.206 e. The molecule has 0 spiro atoms. The van der Waals surface area contributed by atoms with E-state index in [2.05, 4.69) is 166 Å². The summed E-state index contributed by atoms with van der Waals surface area (Å²) in [6, 6.07) is 68.4. The lowest BCUT2D eigenvalue weighted by Crippen LogP contribution is -1.99. The summed E-state index contributed by atoms with van der Waals surface area (Å²) in [6.45, 7) is 6.69. The normalized spacial score (nSPS) is 11.5. The summed E-state index contributed by atoms with van der Waals surface area (Å²) in [5.41, 5.74) is 18.5. The minimum atomic E-state index is -0.186. The number of halogens is 3. The molecule has 0 unspecified atom stereocenters. The summed E-state index contributed by atoms with van der Waals surface area (Å²) in [4.78, 5) is 0. The molecular weight excluding hydrogens is 1060 g/mol. The summed E-state index contributed by atoms with van der Waals surface area (Å²) < 4.78 is 46.9. The fourth-order valence-corrected chi connectivity index (χ4v) is 14.7. The Morgan fingerprint density at radius 3 is 0.635 bits per heavy atom. The first kappa shape index (κ1) is 62.7. The number of unbranched alkanes of at least 4 members (excludes halogenated alkanes) is 9. The van der Waals surface area contributed by atoms with Crippen LogP contribution in [-0.4, -0.2) is 18.5 Å². The van der Waals surface area contributed by atoms with E-state index in [9.17, 15) is 0 Å². The third-order valence-corrected chi connectivity index (χ3v) is 20.2. The first-order valence-electron chi connectivity index (χ1n) is 32.4. The van der Waals surface area contributed by atoms with E-state index < -0.39 is 0 Å². The molecule has 85 heavy (non-hydrogen) atoms. The molecule has 0 nitrogen and oxygen atoms in total. The van der Waals surface area contributed by atoms with Crippen LogP contribution >= 0.6 is 7.92 Å². The van der Waals surface area contributed by atoms with Crippen molar-refractivity contribution in [3.8, 4) is 66.8 Å². The van der Waals surface area contributed by atoms with Crippen molar-refractivity contribution in [2.24, 2.45) is 0 Å². The molecule has 0 aliphatic heterocycles. The summed E-state index contributed by atoms with van der Waals surface area (Å²) in [5.74, 6) is -0.559. The largest absolute Gasteiger partial charge is 0.206 e. The number of benzene rings is 9. The van der Waals surface area contributed by atoms with Gasteiger partial charge in [-0.3, -0.25) is 0 Å². The molecule has 0 amide bonds. The lowest BCUT2D eigenvalue weighted by atomic mass is 9.97. The molecule has 440 valence electrons. The zero-order valence-corrected chi connectivity index (χ0v) is 52.0. The fraction of sp³-hybridized carbons (Fsp3) is 0.333. The first-order chi connectivity index (χ1) is 41.7. The van der Waals surface area contributed by atoms with Gasteiger partial charge in [-0.25, -0.2) is 13.2 Å². The van der Waals surface area contributed by atoms with Crippen LogP contribution in [0.15, 0.2) is 200 Å². The van der Waals surface area contributed by atoms with Gasteiger partial charge in [0.25, 0.3) is 0 Å². The van der Waals surface area contributed by atoms with Crippen molar-refractivity contribution in [2.75, 3.05) is 18.5 Å². The number of hydrogen-bond acceptors (Lipinski definition) is 0. The molecule has 0 atom stereocenters. The molecule has 4 heteroatoms. The van der Waals surface area contributed by atoms with E-state index >= 15 is 13.2 Å². The van der Waals surface area contributed by atoms with Crippen LogP contribution in [0.1, 0.15) is 150 Å².